The monoisotopic (exact) mass is 197 g/mol. The Morgan fingerprint density at radius 1 is 1.21 bits per heavy atom. The van der Waals surface area contributed by atoms with Crippen LogP contribution >= 0.6 is 0 Å². The molecule has 2 unspecified atom stereocenters. The van der Waals surface area contributed by atoms with E-state index in [1.165, 1.54) is 32.1 Å². The van der Waals surface area contributed by atoms with Gasteiger partial charge in [-0.15, -0.1) is 0 Å². The van der Waals surface area contributed by atoms with Crippen molar-refractivity contribution in [1.82, 2.24) is 5.32 Å². The molecule has 14 heavy (non-hydrogen) atoms. The van der Waals surface area contributed by atoms with E-state index < -0.39 is 0 Å². The smallest absolute Gasteiger partial charge is 0.0495 e. The van der Waals surface area contributed by atoms with E-state index in [2.05, 4.69) is 12.2 Å². The van der Waals surface area contributed by atoms with Crippen molar-refractivity contribution in [3.63, 3.8) is 0 Å². The average Bonchev–Trinajstić information content (AvgIpc) is 2.81. The molecule has 1 aliphatic heterocycles. The zero-order chi connectivity index (χ0) is 9.80. The summed E-state index contributed by atoms with van der Waals surface area (Å²) in [6, 6.07) is 0.763. The highest BCUT2D eigenvalue weighted by Crippen LogP contribution is 2.35. The fourth-order valence-electron chi connectivity index (χ4n) is 2.48. The summed E-state index contributed by atoms with van der Waals surface area (Å²) in [7, 11) is 0. The molecule has 2 aliphatic rings. The lowest BCUT2D eigenvalue weighted by atomic mass is 9.95. The Morgan fingerprint density at radius 3 is 2.57 bits per heavy atom. The van der Waals surface area contributed by atoms with Crippen molar-refractivity contribution in [1.29, 1.82) is 0 Å². The molecule has 1 N–H and O–H groups in total. The molecular formula is C12H23NO. The Morgan fingerprint density at radius 2 is 2.00 bits per heavy atom. The van der Waals surface area contributed by atoms with Crippen LogP contribution < -0.4 is 5.32 Å². The van der Waals surface area contributed by atoms with Crippen molar-refractivity contribution in [2.45, 2.75) is 45.1 Å². The lowest BCUT2D eigenvalue weighted by Crippen LogP contribution is -2.31. The second kappa shape index (κ2) is 5.13. The van der Waals surface area contributed by atoms with Crippen LogP contribution in [-0.2, 0) is 4.74 Å². The second-order valence-corrected chi connectivity index (χ2v) is 4.90. The van der Waals surface area contributed by atoms with Crippen LogP contribution in [0.5, 0.6) is 0 Å². The van der Waals surface area contributed by atoms with Gasteiger partial charge in [0.05, 0.1) is 0 Å². The molecule has 0 aromatic rings. The quantitative estimate of drug-likeness (QED) is 0.705. The molecule has 0 radical (unpaired) electrons. The molecule has 0 aromatic carbocycles. The molecule has 0 aromatic heterocycles. The van der Waals surface area contributed by atoms with Crippen molar-refractivity contribution in [3.8, 4) is 0 Å². The van der Waals surface area contributed by atoms with Crippen molar-refractivity contribution in [2.75, 3.05) is 19.8 Å². The summed E-state index contributed by atoms with van der Waals surface area (Å²) in [5.41, 5.74) is 0. The Kier molecular flexibility index (Phi) is 3.82. The first-order valence-electron chi connectivity index (χ1n) is 6.19. The predicted octanol–water partition coefficient (Wildman–Crippen LogP) is 2.19. The Hall–Kier alpha value is -0.0800. The van der Waals surface area contributed by atoms with Crippen LogP contribution in [0.1, 0.15) is 39.0 Å². The third kappa shape index (κ3) is 3.25. The SMILES string of the molecule is CCNC(CC1CC1)CC1CCOC1. The van der Waals surface area contributed by atoms with E-state index in [0.29, 0.717) is 0 Å². The van der Waals surface area contributed by atoms with Crippen LogP contribution in [-0.4, -0.2) is 25.8 Å². The fraction of sp³-hybridized carbons (Fsp3) is 1.00. The summed E-state index contributed by atoms with van der Waals surface area (Å²) in [5.74, 6) is 1.87. The zero-order valence-electron chi connectivity index (χ0n) is 9.30. The normalized spacial score (nSPS) is 29.4. The van der Waals surface area contributed by atoms with Gasteiger partial charge < -0.3 is 10.1 Å². The Labute approximate surface area is 87.4 Å². The first-order valence-corrected chi connectivity index (χ1v) is 6.19. The van der Waals surface area contributed by atoms with Gasteiger partial charge in [0.1, 0.15) is 0 Å². The third-order valence-electron chi connectivity index (χ3n) is 3.45. The fourth-order valence-corrected chi connectivity index (χ4v) is 2.48. The first kappa shape index (κ1) is 10.4. The van der Waals surface area contributed by atoms with Gasteiger partial charge in [-0.3, -0.25) is 0 Å². The Balaban J connectivity index is 1.70. The van der Waals surface area contributed by atoms with E-state index in [-0.39, 0.29) is 0 Å². The minimum atomic E-state index is 0.763. The maximum atomic E-state index is 5.43. The molecule has 1 heterocycles. The van der Waals surface area contributed by atoms with E-state index in [1.54, 1.807) is 0 Å². The van der Waals surface area contributed by atoms with Crippen LogP contribution in [0.2, 0.25) is 0 Å². The summed E-state index contributed by atoms with van der Waals surface area (Å²) >= 11 is 0. The number of hydrogen-bond acceptors (Lipinski definition) is 2. The van der Waals surface area contributed by atoms with Crippen molar-refractivity contribution >= 4 is 0 Å². The lowest BCUT2D eigenvalue weighted by Gasteiger charge is -2.20. The van der Waals surface area contributed by atoms with Gasteiger partial charge in [0, 0.05) is 19.3 Å². The van der Waals surface area contributed by atoms with Gasteiger partial charge in [-0.25, -0.2) is 0 Å². The van der Waals surface area contributed by atoms with Crippen molar-refractivity contribution < 1.29 is 4.74 Å². The zero-order valence-corrected chi connectivity index (χ0v) is 9.30. The Bertz CT molecular complexity index is 162. The molecule has 2 nitrogen and oxygen atoms in total. The van der Waals surface area contributed by atoms with Crippen LogP contribution in [0.4, 0.5) is 0 Å². The molecule has 0 amide bonds. The number of ether oxygens (including phenoxy) is 1. The molecule has 82 valence electrons. The van der Waals surface area contributed by atoms with E-state index >= 15 is 0 Å². The highest BCUT2D eigenvalue weighted by molar-refractivity contribution is 4.82. The van der Waals surface area contributed by atoms with Gasteiger partial charge in [-0.05, 0) is 37.6 Å². The molecule has 2 rings (SSSR count). The minimum absolute atomic E-state index is 0.763. The van der Waals surface area contributed by atoms with Gasteiger partial charge in [-0.1, -0.05) is 19.8 Å². The summed E-state index contributed by atoms with van der Waals surface area (Å²) in [5, 5.41) is 3.63. The van der Waals surface area contributed by atoms with Crippen LogP contribution in [0, 0.1) is 11.8 Å². The molecule has 2 fully saturated rings. The number of nitrogens with one attached hydrogen (secondary N) is 1. The van der Waals surface area contributed by atoms with Crippen LogP contribution in [0.3, 0.4) is 0 Å². The molecule has 2 heteroatoms. The standard InChI is InChI=1S/C12H23NO/c1-2-13-12(7-10-3-4-10)8-11-5-6-14-9-11/h10-13H,2-9H2,1H3. The van der Waals surface area contributed by atoms with Gasteiger partial charge in [0.2, 0.25) is 0 Å². The van der Waals surface area contributed by atoms with E-state index in [0.717, 1.165) is 37.6 Å². The lowest BCUT2D eigenvalue weighted by molar-refractivity contribution is 0.180. The highest BCUT2D eigenvalue weighted by atomic mass is 16.5. The number of rotatable bonds is 6. The summed E-state index contributed by atoms with van der Waals surface area (Å²) in [6.45, 7) is 5.33. The van der Waals surface area contributed by atoms with Gasteiger partial charge >= 0.3 is 0 Å². The predicted molar refractivity (Wildman–Crippen MR) is 58.3 cm³/mol. The molecule has 1 aliphatic carbocycles. The summed E-state index contributed by atoms with van der Waals surface area (Å²) in [4.78, 5) is 0. The molecular weight excluding hydrogens is 174 g/mol. The van der Waals surface area contributed by atoms with Crippen LogP contribution in [0.15, 0.2) is 0 Å². The molecule has 2 atom stereocenters. The molecule has 1 saturated heterocycles. The van der Waals surface area contributed by atoms with E-state index in [4.69, 9.17) is 4.74 Å². The van der Waals surface area contributed by atoms with Crippen LogP contribution in [0.25, 0.3) is 0 Å². The third-order valence-corrected chi connectivity index (χ3v) is 3.45. The highest BCUT2D eigenvalue weighted by Gasteiger charge is 2.27. The number of hydrogen-bond donors (Lipinski definition) is 1. The van der Waals surface area contributed by atoms with Crippen molar-refractivity contribution in [2.24, 2.45) is 11.8 Å². The molecule has 0 bridgehead atoms. The maximum absolute atomic E-state index is 5.43. The summed E-state index contributed by atoms with van der Waals surface area (Å²) in [6.07, 6.45) is 6.98. The topological polar surface area (TPSA) is 21.3 Å². The van der Waals surface area contributed by atoms with Gasteiger partial charge in [0.25, 0.3) is 0 Å². The minimum Gasteiger partial charge on any atom is -0.381 e. The first-order chi connectivity index (χ1) is 6.88. The molecule has 1 saturated carbocycles. The summed E-state index contributed by atoms with van der Waals surface area (Å²) < 4.78 is 5.43. The average molecular weight is 197 g/mol. The molecule has 0 spiro atoms. The largest absolute Gasteiger partial charge is 0.381 e. The second-order valence-electron chi connectivity index (χ2n) is 4.90. The maximum Gasteiger partial charge on any atom is 0.0495 e. The van der Waals surface area contributed by atoms with E-state index in [9.17, 15) is 0 Å². The van der Waals surface area contributed by atoms with Gasteiger partial charge in [0.15, 0.2) is 0 Å². The van der Waals surface area contributed by atoms with Gasteiger partial charge in [-0.2, -0.15) is 0 Å². The van der Waals surface area contributed by atoms with Crippen molar-refractivity contribution in [3.05, 3.63) is 0 Å². The van der Waals surface area contributed by atoms with E-state index in [1.807, 2.05) is 0 Å².